The molecule has 0 bridgehead atoms. The van der Waals surface area contributed by atoms with E-state index in [1.54, 1.807) is 6.92 Å². The van der Waals surface area contributed by atoms with Crippen molar-refractivity contribution in [3.63, 3.8) is 0 Å². The minimum absolute atomic E-state index is 0.0329. The number of carboxylic acids is 1. The van der Waals surface area contributed by atoms with Crippen LogP contribution in [0.25, 0.3) is 0 Å². The average Bonchev–Trinajstić information content (AvgIpc) is 3.05. The number of rotatable bonds is 24. The highest BCUT2D eigenvalue weighted by Crippen LogP contribution is 2.13. The monoisotopic (exact) mass is 702 g/mol. The highest BCUT2D eigenvalue weighted by Gasteiger charge is 2.31. The van der Waals surface area contributed by atoms with Crippen LogP contribution in [0.5, 0.6) is 0 Å². The molecule has 0 radical (unpaired) electrons. The van der Waals surface area contributed by atoms with Crippen LogP contribution in [-0.2, 0) is 35.2 Å². The first-order valence-electron chi connectivity index (χ1n) is 18.1. The highest BCUT2D eigenvalue weighted by molar-refractivity contribution is 5.92. The molecule has 13 nitrogen and oxygen atoms in total. The van der Waals surface area contributed by atoms with Gasteiger partial charge in [-0.2, -0.15) is 0 Å². The van der Waals surface area contributed by atoms with Gasteiger partial charge in [0.05, 0.1) is 6.04 Å². The number of likely N-dealkylation sites (N-methyl/N-ethyl adjacent to an activating group) is 1. The third kappa shape index (κ3) is 17.1. The Morgan fingerprint density at radius 3 is 1.96 bits per heavy atom. The molecule has 0 saturated heterocycles. The van der Waals surface area contributed by atoms with Gasteiger partial charge in [0.25, 0.3) is 0 Å². The first kappa shape index (κ1) is 44.0. The van der Waals surface area contributed by atoms with Crippen molar-refractivity contribution in [3.05, 3.63) is 35.9 Å². The zero-order valence-corrected chi connectivity index (χ0v) is 31.3. The molecule has 13 heteroatoms. The van der Waals surface area contributed by atoms with Crippen molar-refractivity contribution < 1.29 is 33.9 Å². The fourth-order valence-corrected chi connectivity index (χ4v) is 5.41. The Morgan fingerprint density at radius 1 is 0.740 bits per heavy atom. The lowest BCUT2D eigenvalue weighted by Crippen LogP contribution is -2.58. The standard InChI is InChI=1S/C37H62N6O7/c1-9-25(7)33(42-30(44)17-14-18-31(45)46)37(50)41-29(20-19-27-15-12-11-13-16-27)35(48)40-28(21-23(3)4)22-39-26(8)34(47)43-32(24(5)6)36(49)38-10-2/h11-13,15-16,23-26,28-29,32-33,39H,9-10,14,17-22H2,1-8H3,(H,38,49)(H,40,48)(H,41,50)(H,42,44)(H,43,47)(H,45,46)/t25-,26-,28-,29-,32-,33-/m0/s1. The Morgan fingerprint density at radius 2 is 1.40 bits per heavy atom. The molecule has 0 aromatic heterocycles. The van der Waals surface area contributed by atoms with Gasteiger partial charge in [0, 0.05) is 32.0 Å². The van der Waals surface area contributed by atoms with Crippen LogP contribution in [0.4, 0.5) is 0 Å². The fraction of sp³-hybridized carbons (Fsp3) is 0.676. The van der Waals surface area contributed by atoms with Crippen LogP contribution < -0.4 is 31.9 Å². The second-order valence-electron chi connectivity index (χ2n) is 13.9. The molecule has 0 heterocycles. The van der Waals surface area contributed by atoms with Crippen LogP contribution in [0.15, 0.2) is 30.3 Å². The molecule has 0 aliphatic heterocycles. The summed E-state index contributed by atoms with van der Waals surface area (Å²) >= 11 is 0. The van der Waals surface area contributed by atoms with Gasteiger partial charge in [-0.1, -0.05) is 78.3 Å². The Balaban J connectivity index is 3.12. The highest BCUT2D eigenvalue weighted by atomic mass is 16.4. The van der Waals surface area contributed by atoms with Crippen LogP contribution in [0.2, 0.25) is 0 Å². The summed E-state index contributed by atoms with van der Waals surface area (Å²) < 4.78 is 0. The van der Waals surface area contributed by atoms with Gasteiger partial charge in [-0.25, -0.2) is 0 Å². The number of benzene rings is 1. The predicted molar refractivity (Wildman–Crippen MR) is 194 cm³/mol. The van der Waals surface area contributed by atoms with Crippen LogP contribution in [0, 0.1) is 17.8 Å². The summed E-state index contributed by atoms with van der Waals surface area (Å²) in [5, 5.41) is 26.4. The van der Waals surface area contributed by atoms with Crippen LogP contribution in [-0.4, -0.2) is 83.9 Å². The van der Waals surface area contributed by atoms with Crippen LogP contribution >= 0.6 is 0 Å². The molecule has 7 N–H and O–H groups in total. The molecule has 0 unspecified atom stereocenters. The topological polar surface area (TPSA) is 195 Å². The number of hydrogen-bond donors (Lipinski definition) is 7. The van der Waals surface area contributed by atoms with Gasteiger partial charge in [0.15, 0.2) is 0 Å². The third-order valence-corrected chi connectivity index (χ3v) is 8.57. The maximum absolute atomic E-state index is 13.9. The molecule has 1 rings (SSSR count). The summed E-state index contributed by atoms with van der Waals surface area (Å²) in [6.07, 6.45) is 1.97. The normalized spacial score (nSPS) is 14.8. The molecule has 0 spiro atoms. The quantitative estimate of drug-likeness (QED) is 0.0854. The van der Waals surface area contributed by atoms with E-state index in [9.17, 15) is 28.8 Å². The van der Waals surface area contributed by atoms with Crippen LogP contribution in [0.1, 0.15) is 99.5 Å². The Labute approximate surface area is 298 Å². The minimum Gasteiger partial charge on any atom is -0.481 e. The molecule has 1 aromatic rings. The third-order valence-electron chi connectivity index (χ3n) is 8.57. The lowest BCUT2D eigenvalue weighted by Gasteiger charge is -2.29. The van der Waals surface area contributed by atoms with Gasteiger partial charge in [-0.3, -0.25) is 28.8 Å². The molecule has 6 atom stereocenters. The van der Waals surface area contributed by atoms with Crippen molar-refractivity contribution in [2.24, 2.45) is 17.8 Å². The molecule has 0 aliphatic carbocycles. The number of aryl methyl sites for hydroxylation is 1. The Hall–Kier alpha value is -4.00. The number of hydrogen-bond acceptors (Lipinski definition) is 7. The van der Waals surface area contributed by atoms with E-state index in [0.717, 1.165) is 5.56 Å². The summed E-state index contributed by atoms with van der Waals surface area (Å²) in [6, 6.07) is 6.07. The maximum Gasteiger partial charge on any atom is 0.303 e. The first-order valence-corrected chi connectivity index (χ1v) is 18.1. The Kier molecular flexibility index (Phi) is 20.6. The average molecular weight is 703 g/mol. The fourth-order valence-electron chi connectivity index (χ4n) is 5.41. The number of carbonyl (C=O) groups excluding carboxylic acids is 5. The van der Waals surface area contributed by atoms with E-state index in [4.69, 9.17) is 5.11 Å². The van der Waals surface area contributed by atoms with E-state index >= 15 is 0 Å². The number of carboxylic acid groups (broad SMARTS) is 1. The summed E-state index contributed by atoms with van der Waals surface area (Å²) in [6.45, 7) is 15.8. The lowest BCUT2D eigenvalue weighted by atomic mass is 9.96. The Bertz CT molecular complexity index is 1230. The zero-order valence-electron chi connectivity index (χ0n) is 31.3. The molecule has 1 aromatic carbocycles. The predicted octanol–water partition coefficient (Wildman–Crippen LogP) is 2.68. The number of aliphatic carboxylic acids is 1. The number of amides is 5. The van der Waals surface area contributed by atoms with Gasteiger partial charge < -0.3 is 37.0 Å². The maximum atomic E-state index is 13.9. The van der Waals surface area contributed by atoms with Crippen molar-refractivity contribution in [2.45, 2.75) is 131 Å². The van der Waals surface area contributed by atoms with Crippen LogP contribution in [0.3, 0.4) is 0 Å². The molecule has 282 valence electrons. The SMILES string of the molecule is CCNC(=O)[C@@H](NC(=O)[C@H](C)NC[C@H](CC(C)C)NC(=O)[C@H](CCc1ccccc1)NC(=O)[C@@H](NC(=O)CCCC(=O)O)[C@@H](C)CC)C(C)C. The largest absolute Gasteiger partial charge is 0.481 e. The summed E-state index contributed by atoms with van der Waals surface area (Å²) in [5.74, 6) is -3.03. The van der Waals surface area contributed by atoms with Gasteiger partial charge in [-0.05, 0) is 62.8 Å². The van der Waals surface area contributed by atoms with Crippen molar-refractivity contribution in [1.29, 1.82) is 0 Å². The van der Waals surface area contributed by atoms with Gasteiger partial charge in [0.2, 0.25) is 29.5 Å². The molecule has 5 amide bonds. The minimum atomic E-state index is -0.999. The zero-order chi connectivity index (χ0) is 37.8. The summed E-state index contributed by atoms with van der Waals surface area (Å²) in [4.78, 5) is 76.6. The molecular weight excluding hydrogens is 640 g/mol. The molecule has 0 fully saturated rings. The number of carbonyl (C=O) groups is 6. The van der Waals surface area contributed by atoms with Gasteiger partial charge in [-0.15, -0.1) is 0 Å². The van der Waals surface area contributed by atoms with Crippen molar-refractivity contribution in [1.82, 2.24) is 31.9 Å². The first-order chi connectivity index (χ1) is 23.6. The smallest absolute Gasteiger partial charge is 0.303 e. The van der Waals surface area contributed by atoms with E-state index in [2.05, 4.69) is 31.9 Å². The second-order valence-corrected chi connectivity index (χ2v) is 13.9. The van der Waals surface area contributed by atoms with E-state index in [1.165, 1.54) is 0 Å². The van der Waals surface area contributed by atoms with E-state index in [-0.39, 0.29) is 67.3 Å². The van der Waals surface area contributed by atoms with Gasteiger partial charge >= 0.3 is 5.97 Å². The van der Waals surface area contributed by atoms with E-state index in [1.807, 2.05) is 78.8 Å². The van der Waals surface area contributed by atoms with E-state index in [0.29, 0.717) is 32.2 Å². The van der Waals surface area contributed by atoms with Crippen molar-refractivity contribution >= 4 is 35.5 Å². The summed E-state index contributed by atoms with van der Waals surface area (Å²) in [7, 11) is 0. The lowest BCUT2D eigenvalue weighted by molar-refractivity contribution is -0.137. The van der Waals surface area contributed by atoms with Crippen molar-refractivity contribution in [2.75, 3.05) is 13.1 Å². The molecule has 50 heavy (non-hydrogen) atoms. The van der Waals surface area contributed by atoms with Gasteiger partial charge in [0.1, 0.15) is 18.1 Å². The number of nitrogens with one attached hydrogen (secondary N) is 6. The molecule has 0 saturated carbocycles. The summed E-state index contributed by atoms with van der Waals surface area (Å²) in [5.41, 5.74) is 0.998. The molecular formula is C37H62N6O7. The second kappa shape index (κ2) is 23.4. The van der Waals surface area contributed by atoms with E-state index < -0.39 is 42.0 Å². The van der Waals surface area contributed by atoms with Crippen molar-refractivity contribution in [3.8, 4) is 0 Å². The molecule has 0 aliphatic rings.